The number of hydrogen-bond acceptors (Lipinski definition) is 2. The maximum Gasteiger partial charge on any atom is 0.0552 e. The molecule has 0 aromatic heterocycles. The molecule has 0 N–H and O–H groups in total. The highest BCUT2D eigenvalue weighted by molar-refractivity contribution is 7.81. The van der Waals surface area contributed by atoms with Gasteiger partial charge >= 0.3 is 0 Å². The van der Waals surface area contributed by atoms with Gasteiger partial charge in [-0.15, -0.1) is 25.3 Å². The van der Waals surface area contributed by atoms with Crippen molar-refractivity contribution in [2.75, 3.05) is 0 Å². The molecular formula is C18H13ClS2. The van der Waals surface area contributed by atoms with Crippen LogP contribution >= 0.6 is 36.9 Å². The van der Waals surface area contributed by atoms with E-state index in [0.717, 1.165) is 32.0 Å². The van der Waals surface area contributed by atoms with Gasteiger partial charge in [0.05, 0.1) is 5.02 Å². The van der Waals surface area contributed by atoms with Gasteiger partial charge in [-0.25, -0.2) is 0 Å². The lowest BCUT2D eigenvalue weighted by Crippen LogP contribution is -1.89. The van der Waals surface area contributed by atoms with E-state index in [0.29, 0.717) is 5.02 Å². The third-order valence-corrected chi connectivity index (χ3v) is 4.73. The minimum atomic E-state index is 0.633. The van der Waals surface area contributed by atoms with Gasteiger partial charge in [-0.05, 0) is 22.8 Å². The fourth-order valence-electron chi connectivity index (χ4n) is 2.35. The molecule has 0 unspecified atom stereocenters. The number of hydrogen-bond donors (Lipinski definition) is 2. The van der Waals surface area contributed by atoms with Crippen LogP contribution in [-0.2, 0) is 0 Å². The van der Waals surface area contributed by atoms with E-state index in [2.05, 4.69) is 24.8 Å². The standard InChI is InChI=1S/C18H13ClS2/c19-15-11-14(12-7-3-1-4-8-12)17(20)16(18(15)21)13-9-5-2-6-10-13/h1-11,20-21H. The first-order valence-electron chi connectivity index (χ1n) is 6.53. The SMILES string of the molecule is Sc1c(Cl)cc(-c2ccccc2)c(S)c1-c1ccccc1. The molecule has 0 fully saturated rings. The van der Waals surface area contributed by atoms with Crippen LogP contribution in [0.4, 0.5) is 0 Å². The minimum Gasteiger partial charge on any atom is -0.142 e. The highest BCUT2D eigenvalue weighted by Crippen LogP contribution is 2.42. The summed E-state index contributed by atoms with van der Waals surface area (Å²) in [6, 6.07) is 22.1. The number of thiol groups is 2. The lowest BCUT2D eigenvalue weighted by Gasteiger charge is -2.15. The molecule has 3 aromatic carbocycles. The summed E-state index contributed by atoms with van der Waals surface area (Å²) in [6.45, 7) is 0. The lowest BCUT2D eigenvalue weighted by molar-refractivity contribution is 1.34. The van der Waals surface area contributed by atoms with Crippen molar-refractivity contribution in [3.8, 4) is 22.3 Å². The van der Waals surface area contributed by atoms with Gasteiger partial charge in [0.25, 0.3) is 0 Å². The van der Waals surface area contributed by atoms with Crippen molar-refractivity contribution >= 4 is 36.9 Å². The molecule has 0 aliphatic carbocycles. The van der Waals surface area contributed by atoms with Crippen molar-refractivity contribution in [1.29, 1.82) is 0 Å². The fourth-order valence-corrected chi connectivity index (χ4v) is 3.38. The Bertz CT molecular complexity index is 768. The van der Waals surface area contributed by atoms with Gasteiger partial charge in [0.15, 0.2) is 0 Å². The molecule has 0 aliphatic heterocycles. The summed E-state index contributed by atoms with van der Waals surface area (Å²) in [5.74, 6) is 0. The van der Waals surface area contributed by atoms with Crippen LogP contribution in [0.2, 0.25) is 5.02 Å². The molecule has 3 heteroatoms. The Balaban J connectivity index is 2.29. The third-order valence-electron chi connectivity index (χ3n) is 3.37. The zero-order valence-electron chi connectivity index (χ0n) is 11.1. The molecule has 0 aliphatic rings. The second-order valence-electron chi connectivity index (χ2n) is 4.71. The largest absolute Gasteiger partial charge is 0.142 e. The van der Waals surface area contributed by atoms with E-state index >= 15 is 0 Å². The van der Waals surface area contributed by atoms with Crippen LogP contribution in [0.5, 0.6) is 0 Å². The summed E-state index contributed by atoms with van der Waals surface area (Å²) in [7, 11) is 0. The molecule has 21 heavy (non-hydrogen) atoms. The van der Waals surface area contributed by atoms with Crippen LogP contribution in [0, 0.1) is 0 Å². The predicted octanol–water partition coefficient (Wildman–Crippen LogP) is 6.25. The Kier molecular flexibility index (Phi) is 4.29. The number of benzene rings is 3. The maximum atomic E-state index is 6.38. The molecule has 0 saturated heterocycles. The molecule has 0 nitrogen and oxygen atoms in total. The topological polar surface area (TPSA) is 0 Å². The Morgan fingerprint density at radius 1 is 0.667 bits per heavy atom. The second-order valence-corrected chi connectivity index (χ2v) is 6.01. The van der Waals surface area contributed by atoms with E-state index in [4.69, 9.17) is 24.2 Å². The van der Waals surface area contributed by atoms with Gasteiger partial charge in [-0.3, -0.25) is 0 Å². The molecule has 0 spiro atoms. The normalized spacial score (nSPS) is 10.6. The van der Waals surface area contributed by atoms with Crippen LogP contribution < -0.4 is 0 Å². The quantitative estimate of drug-likeness (QED) is 0.510. The minimum absolute atomic E-state index is 0.633. The monoisotopic (exact) mass is 328 g/mol. The Hall–Kier alpha value is -1.35. The fraction of sp³-hybridized carbons (Fsp3) is 0. The van der Waals surface area contributed by atoms with E-state index in [1.165, 1.54) is 0 Å². The Labute approximate surface area is 140 Å². The van der Waals surface area contributed by atoms with Crippen LogP contribution in [0.15, 0.2) is 76.5 Å². The number of rotatable bonds is 2. The molecular weight excluding hydrogens is 316 g/mol. The van der Waals surface area contributed by atoms with Crippen molar-refractivity contribution in [2.24, 2.45) is 0 Å². The van der Waals surface area contributed by atoms with E-state index in [-0.39, 0.29) is 0 Å². The van der Waals surface area contributed by atoms with Crippen molar-refractivity contribution < 1.29 is 0 Å². The van der Waals surface area contributed by atoms with Gasteiger partial charge in [0.1, 0.15) is 0 Å². The van der Waals surface area contributed by atoms with Crippen molar-refractivity contribution in [2.45, 2.75) is 9.79 Å². The maximum absolute atomic E-state index is 6.38. The van der Waals surface area contributed by atoms with Gasteiger partial charge in [0, 0.05) is 15.4 Å². The molecule has 3 aromatic rings. The summed E-state index contributed by atoms with van der Waals surface area (Å²) in [4.78, 5) is 1.65. The zero-order chi connectivity index (χ0) is 14.8. The molecule has 0 radical (unpaired) electrons. The highest BCUT2D eigenvalue weighted by Gasteiger charge is 2.15. The van der Waals surface area contributed by atoms with E-state index in [9.17, 15) is 0 Å². The molecule has 0 amide bonds. The van der Waals surface area contributed by atoms with Gasteiger partial charge in [0.2, 0.25) is 0 Å². The molecule has 0 heterocycles. The van der Waals surface area contributed by atoms with E-state index in [1.54, 1.807) is 0 Å². The Morgan fingerprint density at radius 2 is 1.19 bits per heavy atom. The molecule has 0 saturated carbocycles. The van der Waals surface area contributed by atoms with Crippen LogP contribution in [0.3, 0.4) is 0 Å². The number of halogens is 1. The predicted molar refractivity (Wildman–Crippen MR) is 96.8 cm³/mol. The van der Waals surface area contributed by atoms with Crippen LogP contribution in [0.1, 0.15) is 0 Å². The smallest absolute Gasteiger partial charge is 0.0552 e. The molecule has 0 bridgehead atoms. The summed E-state index contributed by atoms with van der Waals surface area (Å²) < 4.78 is 0. The van der Waals surface area contributed by atoms with Gasteiger partial charge in [-0.2, -0.15) is 0 Å². The van der Waals surface area contributed by atoms with Crippen molar-refractivity contribution in [3.05, 3.63) is 71.8 Å². The zero-order valence-corrected chi connectivity index (χ0v) is 13.7. The second kappa shape index (κ2) is 6.18. The van der Waals surface area contributed by atoms with Crippen molar-refractivity contribution in [3.63, 3.8) is 0 Å². The van der Waals surface area contributed by atoms with E-state index < -0.39 is 0 Å². The van der Waals surface area contributed by atoms with Crippen LogP contribution in [0.25, 0.3) is 22.3 Å². The van der Waals surface area contributed by atoms with Crippen LogP contribution in [-0.4, -0.2) is 0 Å². The summed E-state index contributed by atoms with van der Waals surface area (Å²) in [5.41, 5.74) is 4.14. The first-order chi connectivity index (χ1) is 10.2. The summed E-state index contributed by atoms with van der Waals surface area (Å²) in [5, 5.41) is 0.633. The molecule has 0 atom stereocenters. The average molecular weight is 329 g/mol. The summed E-state index contributed by atoms with van der Waals surface area (Å²) in [6.07, 6.45) is 0. The lowest BCUT2D eigenvalue weighted by atomic mass is 9.98. The first kappa shape index (κ1) is 14.6. The Morgan fingerprint density at radius 3 is 1.76 bits per heavy atom. The molecule has 3 rings (SSSR count). The first-order valence-corrected chi connectivity index (χ1v) is 7.81. The van der Waals surface area contributed by atoms with Crippen molar-refractivity contribution in [1.82, 2.24) is 0 Å². The molecule has 104 valence electrons. The average Bonchev–Trinajstić information content (AvgIpc) is 2.53. The highest BCUT2D eigenvalue weighted by atomic mass is 35.5. The van der Waals surface area contributed by atoms with Gasteiger partial charge in [-0.1, -0.05) is 72.3 Å². The third kappa shape index (κ3) is 2.84. The van der Waals surface area contributed by atoms with Gasteiger partial charge < -0.3 is 0 Å². The van der Waals surface area contributed by atoms with E-state index in [1.807, 2.05) is 54.6 Å². The summed E-state index contributed by atoms with van der Waals surface area (Å²) >= 11 is 15.7.